The SMILES string of the molecule is COc1ncnc2c1nc(CCl)n2C1CC2CCC1O2. The molecule has 0 spiro atoms. The molecule has 4 heterocycles. The van der Waals surface area contributed by atoms with Gasteiger partial charge in [0.25, 0.3) is 0 Å². The lowest BCUT2D eigenvalue weighted by Gasteiger charge is -2.22. The Morgan fingerprint density at radius 1 is 1.45 bits per heavy atom. The molecule has 4 rings (SSSR count). The van der Waals surface area contributed by atoms with Crippen LogP contribution in [0.15, 0.2) is 6.33 Å². The first-order chi connectivity index (χ1) is 9.81. The molecule has 2 aromatic rings. The van der Waals surface area contributed by atoms with Crippen molar-refractivity contribution in [3.05, 3.63) is 12.2 Å². The molecule has 2 aromatic heterocycles. The largest absolute Gasteiger partial charge is 0.479 e. The molecule has 20 heavy (non-hydrogen) atoms. The summed E-state index contributed by atoms with van der Waals surface area (Å²) in [7, 11) is 1.59. The van der Waals surface area contributed by atoms with E-state index in [0.29, 0.717) is 23.4 Å². The third-order valence-corrected chi connectivity index (χ3v) is 4.47. The fourth-order valence-electron chi connectivity index (χ4n) is 3.41. The molecule has 2 bridgehead atoms. The monoisotopic (exact) mass is 294 g/mol. The Labute approximate surface area is 121 Å². The van der Waals surface area contributed by atoms with Crippen molar-refractivity contribution in [3.63, 3.8) is 0 Å². The maximum atomic E-state index is 6.07. The van der Waals surface area contributed by atoms with Crippen molar-refractivity contribution in [3.8, 4) is 5.88 Å². The van der Waals surface area contributed by atoms with E-state index in [-0.39, 0.29) is 12.1 Å². The van der Waals surface area contributed by atoms with E-state index in [1.54, 1.807) is 7.11 Å². The van der Waals surface area contributed by atoms with Crippen LogP contribution in [-0.2, 0) is 10.6 Å². The molecule has 0 N–H and O–H groups in total. The summed E-state index contributed by atoms with van der Waals surface area (Å²) >= 11 is 6.07. The fraction of sp³-hybridized carbons (Fsp3) is 0.615. The van der Waals surface area contributed by atoms with Crippen molar-refractivity contribution in [2.75, 3.05) is 7.11 Å². The van der Waals surface area contributed by atoms with E-state index < -0.39 is 0 Å². The fourth-order valence-corrected chi connectivity index (χ4v) is 3.60. The molecular formula is C13H15ClN4O2. The van der Waals surface area contributed by atoms with Gasteiger partial charge in [0.1, 0.15) is 12.2 Å². The molecule has 2 aliphatic heterocycles. The highest BCUT2D eigenvalue weighted by molar-refractivity contribution is 6.16. The minimum absolute atomic E-state index is 0.250. The molecular weight excluding hydrogens is 280 g/mol. The Kier molecular flexibility index (Phi) is 2.82. The molecule has 0 amide bonds. The minimum Gasteiger partial charge on any atom is -0.479 e. The quantitative estimate of drug-likeness (QED) is 0.811. The molecule has 3 unspecified atom stereocenters. The summed E-state index contributed by atoms with van der Waals surface area (Å²) < 4.78 is 13.3. The highest BCUT2D eigenvalue weighted by atomic mass is 35.5. The summed E-state index contributed by atoms with van der Waals surface area (Å²) in [5, 5.41) is 0. The Balaban J connectivity index is 1.89. The predicted octanol–water partition coefficient (Wildman–Crippen LogP) is 2.07. The Morgan fingerprint density at radius 2 is 2.35 bits per heavy atom. The van der Waals surface area contributed by atoms with Gasteiger partial charge in [-0.3, -0.25) is 0 Å². The van der Waals surface area contributed by atoms with E-state index in [4.69, 9.17) is 21.1 Å². The maximum absolute atomic E-state index is 6.07. The molecule has 2 aliphatic rings. The van der Waals surface area contributed by atoms with Gasteiger partial charge in [-0.15, -0.1) is 11.6 Å². The second kappa shape index (κ2) is 4.56. The second-order valence-corrected chi connectivity index (χ2v) is 5.53. The molecule has 6 nitrogen and oxygen atoms in total. The number of halogens is 1. The molecule has 0 saturated carbocycles. The van der Waals surface area contributed by atoms with Gasteiger partial charge in [0.2, 0.25) is 5.88 Å². The van der Waals surface area contributed by atoms with E-state index in [2.05, 4.69) is 19.5 Å². The zero-order chi connectivity index (χ0) is 13.7. The van der Waals surface area contributed by atoms with Gasteiger partial charge in [-0.05, 0) is 19.3 Å². The summed E-state index contributed by atoms with van der Waals surface area (Å²) in [6.45, 7) is 0. The van der Waals surface area contributed by atoms with Crippen LogP contribution in [0.4, 0.5) is 0 Å². The van der Waals surface area contributed by atoms with Gasteiger partial charge in [-0.2, -0.15) is 4.98 Å². The number of hydrogen-bond acceptors (Lipinski definition) is 5. The molecule has 0 aromatic carbocycles. The molecule has 0 radical (unpaired) electrons. The van der Waals surface area contributed by atoms with Gasteiger partial charge < -0.3 is 14.0 Å². The minimum atomic E-state index is 0.250. The van der Waals surface area contributed by atoms with Crippen LogP contribution < -0.4 is 4.74 Å². The lowest BCUT2D eigenvalue weighted by Crippen LogP contribution is -2.22. The van der Waals surface area contributed by atoms with Crippen LogP contribution in [-0.4, -0.2) is 38.8 Å². The van der Waals surface area contributed by atoms with Crippen LogP contribution in [0.2, 0.25) is 0 Å². The third-order valence-electron chi connectivity index (χ3n) is 4.23. The van der Waals surface area contributed by atoms with Gasteiger partial charge >= 0.3 is 0 Å². The highest BCUT2D eigenvalue weighted by Crippen LogP contribution is 2.43. The highest BCUT2D eigenvalue weighted by Gasteiger charge is 2.43. The van der Waals surface area contributed by atoms with Gasteiger partial charge in [-0.25, -0.2) is 9.97 Å². The number of imidazole rings is 1. The first-order valence-corrected chi connectivity index (χ1v) is 7.32. The number of nitrogens with zero attached hydrogens (tertiary/aromatic N) is 4. The Bertz CT molecular complexity index is 659. The van der Waals surface area contributed by atoms with Crippen LogP contribution in [0.3, 0.4) is 0 Å². The molecule has 106 valence electrons. The molecule has 7 heteroatoms. The smallest absolute Gasteiger partial charge is 0.245 e. The third kappa shape index (κ3) is 1.64. The molecule has 2 fully saturated rings. The molecule has 3 atom stereocenters. The van der Waals surface area contributed by atoms with Gasteiger partial charge in [0.05, 0.1) is 31.2 Å². The normalized spacial score (nSPS) is 28.4. The zero-order valence-electron chi connectivity index (χ0n) is 11.1. The van der Waals surface area contributed by atoms with Gasteiger partial charge in [0, 0.05) is 0 Å². The summed E-state index contributed by atoms with van der Waals surface area (Å²) in [5.41, 5.74) is 1.46. The first kappa shape index (κ1) is 12.3. The topological polar surface area (TPSA) is 62.1 Å². The molecule has 0 aliphatic carbocycles. The number of alkyl halides is 1. The number of fused-ring (bicyclic) bond motifs is 3. The Hall–Kier alpha value is -1.40. The van der Waals surface area contributed by atoms with Crippen molar-refractivity contribution >= 4 is 22.8 Å². The predicted molar refractivity (Wildman–Crippen MR) is 73.0 cm³/mol. The summed E-state index contributed by atoms with van der Waals surface area (Å²) in [4.78, 5) is 13.0. The van der Waals surface area contributed by atoms with Crippen molar-refractivity contribution in [2.45, 2.75) is 43.4 Å². The van der Waals surface area contributed by atoms with E-state index in [9.17, 15) is 0 Å². The van der Waals surface area contributed by atoms with Crippen molar-refractivity contribution < 1.29 is 9.47 Å². The number of aromatic nitrogens is 4. The summed E-state index contributed by atoms with van der Waals surface area (Å²) in [5.74, 6) is 1.64. The van der Waals surface area contributed by atoms with Gasteiger partial charge in [-0.1, -0.05) is 0 Å². The lowest BCUT2D eigenvalue weighted by molar-refractivity contribution is 0.0939. The summed E-state index contributed by atoms with van der Waals surface area (Å²) in [6, 6.07) is 0.270. The van der Waals surface area contributed by atoms with E-state index in [1.807, 2.05) is 0 Å². The van der Waals surface area contributed by atoms with Crippen molar-refractivity contribution in [2.24, 2.45) is 0 Å². The van der Waals surface area contributed by atoms with Crippen LogP contribution in [0, 0.1) is 0 Å². The van der Waals surface area contributed by atoms with Crippen LogP contribution in [0.5, 0.6) is 5.88 Å². The number of hydrogen-bond donors (Lipinski definition) is 0. The van der Waals surface area contributed by atoms with Gasteiger partial charge in [0.15, 0.2) is 11.2 Å². The molecule has 2 saturated heterocycles. The standard InChI is InChI=1S/C13H15ClN4O2/c1-19-13-11-12(15-6-16-13)18(10(5-14)17-11)8-4-7-2-3-9(8)20-7/h6-9H,2-5H2,1H3. The summed E-state index contributed by atoms with van der Waals surface area (Å²) in [6.07, 6.45) is 5.38. The van der Waals surface area contributed by atoms with Crippen LogP contribution in [0.25, 0.3) is 11.2 Å². The maximum Gasteiger partial charge on any atom is 0.245 e. The van der Waals surface area contributed by atoms with E-state index in [1.165, 1.54) is 6.33 Å². The van der Waals surface area contributed by atoms with Crippen LogP contribution >= 0.6 is 11.6 Å². The van der Waals surface area contributed by atoms with E-state index >= 15 is 0 Å². The second-order valence-electron chi connectivity index (χ2n) is 5.26. The average molecular weight is 295 g/mol. The average Bonchev–Trinajstić information content (AvgIpc) is 3.18. The number of rotatable bonds is 3. The zero-order valence-corrected chi connectivity index (χ0v) is 11.9. The number of ether oxygens (including phenoxy) is 2. The first-order valence-electron chi connectivity index (χ1n) is 6.79. The lowest BCUT2D eigenvalue weighted by atomic mass is 9.95. The van der Waals surface area contributed by atoms with E-state index in [0.717, 1.165) is 30.7 Å². The van der Waals surface area contributed by atoms with Crippen molar-refractivity contribution in [1.82, 2.24) is 19.5 Å². The Morgan fingerprint density at radius 3 is 3.00 bits per heavy atom. The number of methoxy groups -OCH3 is 1. The van der Waals surface area contributed by atoms with Crippen molar-refractivity contribution in [1.29, 1.82) is 0 Å². The van der Waals surface area contributed by atoms with Crippen LogP contribution in [0.1, 0.15) is 31.1 Å².